The molecule has 0 unspecified atom stereocenters. The SMILES string of the molecule is CC(C)O/C(=C\c1ccccc1)c1ccccc1. The van der Waals surface area contributed by atoms with Gasteiger partial charge in [-0.1, -0.05) is 60.7 Å². The molecule has 2 rings (SSSR count). The summed E-state index contributed by atoms with van der Waals surface area (Å²) in [5.74, 6) is 0.914. The number of hydrogen-bond acceptors (Lipinski definition) is 1. The Morgan fingerprint density at radius 3 is 2.00 bits per heavy atom. The summed E-state index contributed by atoms with van der Waals surface area (Å²) in [5.41, 5.74) is 2.26. The van der Waals surface area contributed by atoms with Gasteiger partial charge in [-0.3, -0.25) is 0 Å². The van der Waals surface area contributed by atoms with Crippen LogP contribution in [-0.4, -0.2) is 6.10 Å². The normalized spacial score (nSPS) is 11.6. The zero-order valence-corrected chi connectivity index (χ0v) is 10.8. The molecule has 0 aliphatic carbocycles. The van der Waals surface area contributed by atoms with Crippen LogP contribution >= 0.6 is 0 Å². The maximum Gasteiger partial charge on any atom is 0.127 e. The fourth-order valence-electron chi connectivity index (χ4n) is 1.74. The van der Waals surface area contributed by atoms with Crippen LogP contribution in [0.5, 0.6) is 0 Å². The highest BCUT2D eigenvalue weighted by atomic mass is 16.5. The largest absolute Gasteiger partial charge is 0.490 e. The zero-order chi connectivity index (χ0) is 12.8. The van der Waals surface area contributed by atoms with Crippen LogP contribution in [0.25, 0.3) is 11.8 Å². The molecule has 0 amide bonds. The number of rotatable bonds is 4. The molecule has 0 N–H and O–H groups in total. The Morgan fingerprint density at radius 1 is 0.889 bits per heavy atom. The quantitative estimate of drug-likeness (QED) is 0.558. The van der Waals surface area contributed by atoms with Crippen molar-refractivity contribution in [3.63, 3.8) is 0 Å². The summed E-state index contributed by atoms with van der Waals surface area (Å²) in [4.78, 5) is 0. The van der Waals surface area contributed by atoms with Crippen molar-refractivity contribution in [2.24, 2.45) is 0 Å². The van der Waals surface area contributed by atoms with E-state index in [4.69, 9.17) is 4.74 Å². The van der Waals surface area contributed by atoms with Crippen molar-refractivity contribution in [3.8, 4) is 0 Å². The van der Waals surface area contributed by atoms with Gasteiger partial charge in [-0.15, -0.1) is 0 Å². The predicted molar refractivity (Wildman–Crippen MR) is 77.0 cm³/mol. The van der Waals surface area contributed by atoms with Crippen LogP contribution in [0.15, 0.2) is 60.7 Å². The monoisotopic (exact) mass is 238 g/mol. The average molecular weight is 238 g/mol. The van der Waals surface area contributed by atoms with E-state index in [1.165, 1.54) is 0 Å². The standard InChI is InChI=1S/C17H18O/c1-14(2)18-17(16-11-7-4-8-12-16)13-15-9-5-3-6-10-15/h3-14H,1-2H3/b17-13-. The molecule has 0 bridgehead atoms. The molecule has 0 aliphatic heterocycles. The lowest BCUT2D eigenvalue weighted by atomic mass is 10.1. The van der Waals surface area contributed by atoms with Crippen LogP contribution in [0.2, 0.25) is 0 Å². The third-order valence-corrected chi connectivity index (χ3v) is 2.52. The van der Waals surface area contributed by atoms with E-state index in [2.05, 4.69) is 30.3 Å². The molecule has 0 atom stereocenters. The van der Waals surface area contributed by atoms with Crippen LogP contribution in [0.1, 0.15) is 25.0 Å². The van der Waals surface area contributed by atoms with E-state index < -0.39 is 0 Å². The molecule has 0 aliphatic rings. The molecule has 18 heavy (non-hydrogen) atoms. The van der Waals surface area contributed by atoms with Crippen LogP contribution in [0.4, 0.5) is 0 Å². The van der Waals surface area contributed by atoms with Gasteiger partial charge in [0.2, 0.25) is 0 Å². The molecule has 0 saturated carbocycles. The minimum Gasteiger partial charge on any atom is -0.490 e. The van der Waals surface area contributed by atoms with E-state index in [1.807, 2.05) is 50.2 Å². The Balaban J connectivity index is 2.34. The summed E-state index contributed by atoms with van der Waals surface area (Å²) in [6, 6.07) is 20.4. The highest BCUT2D eigenvalue weighted by Gasteiger charge is 2.04. The molecule has 2 aromatic rings. The lowest BCUT2D eigenvalue weighted by Gasteiger charge is -2.14. The first-order valence-electron chi connectivity index (χ1n) is 6.24. The van der Waals surface area contributed by atoms with Crippen molar-refractivity contribution in [1.82, 2.24) is 0 Å². The topological polar surface area (TPSA) is 9.23 Å². The fraction of sp³-hybridized carbons (Fsp3) is 0.176. The van der Waals surface area contributed by atoms with Crippen molar-refractivity contribution < 1.29 is 4.74 Å². The molecule has 2 aromatic carbocycles. The van der Waals surface area contributed by atoms with E-state index >= 15 is 0 Å². The summed E-state index contributed by atoms with van der Waals surface area (Å²) in [6.45, 7) is 4.09. The second kappa shape index (κ2) is 6.06. The lowest BCUT2D eigenvalue weighted by molar-refractivity contribution is 0.206. The van der Waals surface area contributed by atoms with Gasteiger partial charge in [-0.25, -0.2) is 0 Å². The molecular weight excluding hydrogens is 220 g/mol. The highest BCUT2D eigenvalue weighted by Crippen LogP contribution is 2.20. The van der Waals surface area contributed by atoms with Crippen molar-refractivity contribution >= 4 is 11.8 Å². The molecule has 0 aromatic heterocycles. The van der Waals surface area contributed by atoms with E-state index in [1.54, 1.807) is 0 Å². The van der Waals surface area contributed by atoms with Crippen molar-refractivity contribution in [2.45, 2.75) is 20.0 Å². The smallest absolute Gasteiger partial charge is 0.127 e. The Labute approximate surface area is 109 Å². The van der Waals surface area contributed by atoms with E-state index in [0.717, 1.165) is 16.9 Å². The van der Waals surface area contributed by atoms with Crippen LogP contribution < -0.4 is 0 Å². The Kier molecular flexibility index (Phi) is 4.19. The minimum atomic E-state index is 0.167. The van der Waals surface area contributed by atoms with Gasteiger partial charge in [0.1, 0.15) is 5.76 Å². The molecule has 0 saturated heterocycles. The summed E-state index contributed by atoms with van der Waals surface area (Å²) in [6.07, 6.45) is 2.25. The third kappa shape index (κ3) is 3.49. The molecule has 0 spiro atoms. The van der Waals surface area contributed by atoms with Gasteiger partial charge in [0.25, 0.3) is 0 Å². The number of benzene rings is 2. The number of hydrogen-bond donors (Lipinski definition) is 0. The van der Waals surface area contributed by atoms with Gasteiger partial charge >= 0.3 is 0 Å². The van der Waals surface area contributed by atoms with Gasteiger partial charge in [0, 0.05) is 5.56 Å². The first kappa shape index (κ1) is 12.4. The maximum absolute atomic E-state index is 5.90. The predicted octanol–water partition coefficient (Wildman–Crippen LogP) is 4.61. The highest BCUT2D eigenvalue weighted by molar-refractivity contribution is 5.77. The number of ether oxygens (including phenoxy) is 1. The Hall–Kier alpha value is -2.02. The maximum atomic E-state index is 5.90. The summed E-state index contributed by atoms with van der Waals surface area (Å²) < 4.78 is 5.90. The average Bonchev–Trinajstić information content (AvgIpc) is 2.40. The molecule has 0 heterocycles. The fourth-order valence-corrected chi connectivity index (χ4v) is 1.74. The van der Waals surface area contributed by atoms with Gasteiger partial charge in [0.05, 0.1) is 6.10 Å². The van der Waals surface area contributed by atoms with Gasteiger partial charge in [0.15, 0.2) is 0 Å². The second-order valence-corrected chi connectivity index (χ2v) is 4.45. The molecule has 0 radical (unpaired) electrons. The second-order valence-electron chi connectivity index (χ2n) is 4.45. The van der Waals surface area contributed by atoms with Gasteiger partial charge < -0.3 is 4.74 Å². The molecule has 1 heteroatoms. The Morgan fingerprint density at radius 2 is 1.44 bits per heavy atom. The summed E-state index contributed by atoms with van der Waals surface area (Å²) in [5, 5.41) is 0. The molecule has 92 valence electrons. The lowest BCUT2D eigenvalue weighted by Crippen LogP contribution is -2.01. The third-order valence-electron chi connectivity index (χ3n) is 2.52. The van der Waals surface area contributed by atoms with Gasteiger partial charge in [-0.05, 0) is 25.5 Å². The molecule has 0 fully saturated rings. The zero-order valence-electron chi connectivity index (χ0n) is 10.8. The van der Waals surface area contributed by atoms with E-state index in [9.17, 15) is 0 Å². The minimum absolute atomic E-state index is 0.167. The van der Waals surface area contributed by atoms with E-state index in [0.29, 0.717) is 0 Å². The van der Waals surface area contributed by atoms with Crippen LogP contribution in [-0.2, 0) is 4.74 Å². The molecule has 1 nitrogen and oxygen atoms in total. The first-order valence-corrected chi connectivity index (χ1v) is 6.24. The van der Waals surface area contributed by atoms with E-state index in [-0.39, 0.29) is 6.10 Å². The first-order chi connectivity index (χ1) is 8.75. The van der Waals surface area contributed by atoms with Gasteiger partial charge in [-0.2, -0.15) is 0 Å². The van der Waals surface area contributed by atoms with Crippen molar-refractivity contribution in [3.05, 3.63) is 71.8 Å². The van der Waals surface area contributed by atoms with Crippen LogP contribution in [0, 0.1) is 0 Å². The van der Waals surface area contributed by atoms with Crippen LogP contribution in [0.3, 0.4) is 0 Å². The Bertz CT molecular complexity index is 498. The summed E-state index contributed by atoms with van der Waals surface area (Å²) in [7, 11) is 0. The summed E-state index contributed by atoms with van der Waals surface area (Å²) >= 11 is 0. The molecular formula is C17H18O. The van der Waals surface area contributed by atoms with Crippen molar-refractivity contribution in [2.75, 3.05) is 0 Å². The van der Waals surface area contributed by atoms with Crippen molar-refractivity contribution in [1.29, 1.82) is 0 Å².